The second-order valence-corrected chi connectivity index (χ2v) is 7.33. The first-order valence-electron chi connectivity index (χ1n) is 9.39. The molecule has 1 aromatic heterocycles. The molecular weight excluding hydrogens is 410 g/mol. The van der Waals surface area contributed by atoms with Crippen LogP contribution in [0, 0.1) is 5.92 Å². The molecule has 0 saturated heterocycles. The van der Waals surface area contributed by atoms with Gasteiger partial charge in [-0.2, -0.15) is 0 Å². The van der Waals surface area contributed by atoms with Gasteiger partial charge in [0.25, 0.3) is 6.47 Å². The average Bonchev–Trinajstić information content (AvgIpc) is 3.09. The molecule has 1 aromatic carbocycles. The number of aromatic nitrogens is 1. The third-order valence-electron chi connectivity index (χ3n) is 4.71. The molecule has 3 rings (SSSR count). The maximum absolute atomic E-state index is 12.4. The number of hydrogen-bond donors (Lipinski definition) is 4. The van der Waals surface area contributed by atoms with Gasteiger partial charge in [0.15, 0.2) is 0 Å². The van der Waals surface area contributed by atoms with Crippen LogP contribution in [0.4, 0.5) is 0 Å². The number of nitrogens with zero attached hydrogens (tertiary/aromatic N) is 1. The summed E-state index contributed by atoms with van der Waals surface area (Å²) in [4.78, 5) is 36.9. The van der Waals surface area contributed by atoms with Gasteiger partial charge in [-0.05, 0) is 42.2 Å². The van der Waals surface area contributed by atoms with E-state index in [0.29, 0.717) is 24.4 Å². The van der Waals surface area contributed by atoms with Gasteiger partial charge < -0.3 is 20.8 Å². The van der Waals surface area contributed by atoms with Crippen molar-refractivity contribution in [1.82, 2.24) is 15.6 Å². The first-order chi connectivity index (χ1) is 14.4. The summed E-state index contributed by atoms with van der Waals surface area (Å²) in [6.07, 6.45) is 3.61. The second kappa shape index (κ2) is 11.9. The Hall–Kier alpha value is -2.97. The third kappa shape index (κ3) is 7.46. The fourth-order valence-electron chi connectivity index (χ4n) is 3.27. The quantitative estimate of drug-likeness (QED) is 0.511. The number of hydrogen-bond acceptors (Lipinski definition) is 5. The standard InChI is InChI=1S/C20H22ClN3O3.CH2O2/c21-16-5-3-13(4-6-16)8-19(26)24-17-9-15(10-18(17)25)20(27)23-12-14-2-1-7-22-11-14;2-1-3/h1-7,11,15,17-18,25H,8-10,12H2,(H,23,27)(H,24,26);1H,(H,2,3)/t15-,17+,18+;/m0./s1. The van der Waals surface area contributed by atoms with Crippen LogP contribution >= 0.6 is 11.6 Å². The summed E-state index contributed by atoms with van der Waals surface area (Å²) in [6.45, 7) is 0.146. The highest BCUT2D eigenvalue weighted by molar-refractivity contribution is 6.30. The summed E-state index contributed by atoms with van der Waals surface area (Å²) < 4.78 is 0. The number of carbonyl (C=O) groups is 3. The van der Waals surface area contributed by atoms with Crippen LogP contribution in [-0.4, -0.2) is 45.6 Å². The Morgan fingerprint density at radius 1 is 1.17 bits per heavy atom. The maximum atomic E-state index is 12.4. The van der Waals surface area contributed by atoms with E-state index in [0.717, 1.165) is 11.1 Å². The molecule has 1 aliphatic rings. The second-order valence-electron chi connectivity index (χ2n) is 6.90. The van der Waals surface area contributed by atoms with Crippen molar-refractivity contribution in [1.29, 1.82) is 0 Å². The molecule has 0 unspecified atom stereocenters. The van der Waals surface area contributed by atoms with Gasteiger partial charge in [-0.15, -0.1) is 0 Å². The van der Waals surface area contributed by atoms with E-state index in [-0.39, 0.29) is 30.6 Å². The number of amides is 2. The van der Waals surface area contributed by atoms with Crippen LogP contribution in [0.15, 0.2) is 48.8 Å². The van der Waals surface area contributed by atoms with E-state index in [1.165, 1.54) is 0 Å². The Labute approximate surface area is 179 Å². The van der Waals surface area contributed by atoms with Crippen molar-refractivity contribution in [2.45, 2.75) is 38.0 Å². The number of benzene rings is 1. The fraction of sp³-hybridized carbons (Fsp3) is 0.333. The molecule has 1 heterocycles. The summed E-state index contributed by atoms with van der Waals surface area (Å²) in [6, 6.07) is 10.3. The van der Waals surface area contributed by atoms with Crippen molar-refractivity contribution in [2.24, 2.45) is 5.92 Å². The number of carbonyl (C=O) groups excluding carboxylic acids is 2. The van der Waals surface area contributed by atoms with Crippen molar-refractivity contribution < 1.29 is 24.6 Å². The van der Waals surface area contributed by atoms with E-state index in [9.17, 15) is 14.7 Å². The fourth-order valence-corrected chi connectivity index (χ4v) is 3.39. The van der Waals surface area contributed by atoms with E-state index in [4.69, 9.17) is 21.5 Å². The van der Waals surface area contributed by atoms with E-state index < -0.39 is 12.1 Å². The molecule has 30 heavy (non-hydrogen) atoms. The van der Waals surface area contributed by atoms with Gasteiger partial charge in [0, 0.05) is 29.9 Å². The van der Waals surface area contributed by atoms with Gasteiger partial charge in [0.1, 0.15) is 0 Å². The minimum Gasteiger partial charge on any atom is -0.483 e. The predicted octanol–water partition coefficient (Wildman–Crippen LogP) is 1.55. The lowest BCUT2D eigenvalue weighted by molar-refractivity contribution is -0.125. The lowest BCUT2D eigenvalue weighted by Gasteiger charge is -2.16. The maximum Gasteiger partial charge on any atom is 0.290 e. The van der Waals surface area contributed by atoms with Crippen LogP contribution < -0.4 is 10.6 Å². The Bertz CT molecular complexity index is 832. The van der Waals surface area contributed by atoms with Gasteiger partial charge >= 0.3 is 0 Å². The monoisotopic (exact) mass is 433 g/mol. The molecule has 160 valence electrons. The number of halogens is 1. The minimum atomic E-state index is -0.728. The number of carboxylic acid groups (broad SMARTS) is 1. The molecule has 1 fully saturated rings. The van der Waals surface area contributed by atoms with E-state index in [1.807, 2.05) is 12.1 Å². The first kappa shape index (κ1) is 23.3. The molecule has 0 radical (unpaired) electrons. The number of aliphatic hydroxyl groups is 1. The zero-order valence-corrected chi connectivity index (χ0v) is 17.0. The molecule has 0 bridgehead atoms. The van der Waals surface area contributed by atoms with Gasteiger partial charge in [0.2, 0.25) is 11.8 Å². The minimum absolute atomic E-state index is 0.118. The summed E-state index contributed by atoms with van der Waals surface area (Å²) in [5.74, 6) is -0.623. The zero-order chi connectivity index (χ0) is 21.9. The van der Waals surface area contributed by atoms with Crippen LogP contribution in [0.3, 0.4) is 0 Å². The molecular formula is C21H24ClN3O5. The molecule has 9 heteroatoms. The van der Waals surface area contributed by atoms with Crippen molar-refractivity contribution in [3.05, 3.63) is 64.9 Å². The highest BCUT2D eigenvalue weighted by atomic mass is 35.5. The van der Waals surface area contributed by atoms with Crippen LogP contribution in [0.2, 0.25) is 5.02 Å². The molecule has 0 spiro atoms. The lowest BCUT2D eigenvalue weighted by atomic mass is 10.1. The number of rotatable bonds is 6. The van der Waals surface area contributed by atoms with Crippen molar-refractivity contribution in [2.75, 3.05) is 0 Å². The first-order valence-corrected chi connectivity index (χ1v) is 9.77. The highest BCUT2D eigenvalue weighted by Gasteiger charge is 2.37. The number of pyridine rings is 1. The van der Waals surface area contributed by atoms with Crippen LogP contribution in [0.1, 0.15) is 24.0 Å². The van der Waals surface area contributed by atoms with Gasteiger partial charge in [-0.1, -0.05) is 29.8 Å². The van der Waals surface area contributed by atoms with E-state index >= 15 is 0 Å². The molecule has 8 nitrogen and oxygen atoms in total. The smallest absolute Gasteiger partial charge is 0.290 e. The largest absolute Gasteiger partial charge is 0.483 e. The van der Waals surface area contributed by atoms with E-state index in [1.54, 1.807) is 36.7 Å². The van der Waals surface area contributed by atoms with Gasteiger partial charge in [0.05, 0.1) is 18.6 Å². The number of nitrogens with one attached hydrogen (secondary N) is 2. The Morgan fingerprint density at radius 3 is 2.50 bits per heavy atom. The Balaban J connectivity index is 0.00000101. The molecule has 2 amide bonds. The molecule has 1 saturated carbocycles. The molecule has 0 aliphatic heterocycles. The summed E-state index contributed by atoms with van der Waals surface area (Å²) in [5.41, 5.74) is 1.76. The summed E-state index contributed by atoms with van der Waals surface area (Å²) in [7, 11) is 0. The van der Waals surface area contributed by atoms with Crippen LogP contribution in [0.25, 0.3) is 0 Å². The summed E-state index contributed by atoms with van der Waals surface area (Å²) in [5, 5.41) is 23.4. The normalized spacial score (nSPS) is 19.9. The van der Waals surface area contributed by atoms with Crippen molar-refractivity contribution >= 4 is 29.9 Å². The van der Waals surface area contributed by atoms with Gasteiger partial charge in [-0.25, -0.2) is 0 Å². The topological polar surface area (TPSA) is 129 Å². The van der Waals surface area contributed by atoms with Crippen molar-refractivity contribution in [3.63, 3.8) is 0 Å². The number of aliphatic hydroxyl groups excluding tert-OH is 1. The third-order valence-corrected chi connectivity index (χ3v) is 4.97. The van der Waals surface area contributed by atoms with Crippen molar-refractivity contribution in [3.8, 4) is 0 Å². The van der Waals surface area contributed by atoms with Gasteiger partial charge in [-0.3, -0.25) is 19.4 Å². The molecule has 3 atom stereocenters. The highest BCUT2D eigenvalue weighted by Crippen LogP contribution is 2.26. The Kier molecular flexibility index (Phi) is 9.24. The van der Waals surface area contributed by atoms with Crippen LogP contribution in [-0.2, 0) is 27.3 Å². The predicted molar refractivity (Wildman–Crippen MR) is 111 cm³/mol. The Morgan fingerprint density at radius 2 is 1.87 bits per heavy atom. The molecule has 2 aromatic rings. The lowest BCUT2D eigenvalue weighted by Crippen LogP contribution is -2.40. The SMILES string of the molecule is O=C(Cc1ccc(Cl)cc1)N[C@@H]1C[C@H](C(=O)NCc2cccnc2)C[C@H]1O.O=CO. The average molecular weight is 434 g/mol. The molecule has 4 N–H and O–H groups in total. The molecule has 1 aliphatic carbocycles. The van der Waals surface area contributed by atoms with Crippen LogP contribution in [0.5, 0.6) is 0 Å². The van der Waals surface area contributed by atoms with E-state index in [2.05, 4.69) is 15.6 Å². The zero-order valence-electron chi connectivity index (χ0n) is 16.2. The summed E-state index contributed by atoms with van der Waals surface area (Å²) >= 11 is 5.84.